The molecule has 0 radical (unpaired) electrons. The molecule has 0 bridgehead atoms. The highest BCUT2D eigenvalue weighted by molar-refractivity contribution is 6.30. The second-order valence-corrected chi connectivity index (χ2v) is 4.25. The Hall–Kier alpha value is -1.67. The summed E-state index contributed by atoms with van der Waals surface area (Å²) >= 11 is 5.71. The van der Waals surface area contributed by atoms with Gasteiger partial charge >= 0.3 is 0 Å². The van der Waals surface area contributed by atoms with Gasteiger partial charge in [0.15, 0.2) is 0 Å². The first-order valence-corrected chi connectivity index (χ1v) is 5.51. The van der Waals surface area contributed by atoms with Crippen molar-refractivity contribution in [3.05, 3.63) is 58.4 Å². The fraction of sp³-hybridized carbons (Fsp3) is 0.0714. The summed E-state index contributed by atoms with van der Waals surface area (Å²) in [4.78, 5) is 10.7. The number of halogens is 2. The van der Waals surface area contributed by atoms with Crippen molar-refractivity contribution in [3.63, 3.8) is 0 Å². The zero-order valence-corrected chi connectivity index (χ0v) is 9.96. The van der Waals surface area contributed by atoms with E-state index in [1.54, 1.807) is 30.3 Å². The van der Waals surface area contributed by atoms with E-state index in [1.165, 1.54) is 6.07 Å². The van der Waals surface area contributed by atoms with Crippen molar-refractivity contribution in [1.29, 1.82) is 0 Å². The quantitative estimate of drug-likeness (QED) is 0.726. The third-order valence-electron chi connectivity index (χ3n) is 2.62. The van der Waals surface area contributed by atoms with Crippen molar-refractivity contribution in [2.75, 3.05) is 0 Å². The molecule has 2 rings (SSSR count). The van der Waals surface area contributed by atoms with Gasteiger partial charge in [-0.15, -0.1) is 0 Å². The topological polar surface area (TPSA) is 17.1 Å². The number of hydrogen-bond acceptors (Lipinski definition) is 1. The number of benzene rings is 2. The lowest BCUT2D eigenvalue weighted by Crippen LogP contribution is -1.90. The molecule has 0 N–H and O–H groups in total. The van der Waals surface area contributed by atoms with Crippen molar-refractivity contribution in [1.82, 2.24) is 0 Å². The van der Waals surface area contributed by atoms with E-state index in [9.17, 15) is 9.18 Å². The van der Waals surface area contributed by atoms with E-state index in [-0.39, 0.29) is 5.82 Å². The average molecular weight is 249 g/mol. The van der Waals surface area contributed by atoms with E-state index in [4.69, 9.17) is 11.6 Å². The van der Waals surface area contributed by atoms with Gasteiger partial charge in [-0.25, -0.2) is 4.39 Å². The monoisotopic (exact) mass is 248 g/mol. The van der Waals surface area contributed by atoms with E-state index < -0.39 is 0 Å². The van der Waals surface area contributed by atoms with Crippen LogP contribution in [-0.4, -0.2) is 6.29 Å². The van der Waals surface area contributed by atoms with Crippen LogP contribution < -0.4 is 0 Å². The summed E-state index contributed by atoms with van der Waals surface area (Å²) in [7, 11) is 0. The Bertz CT molecular complexity index is 578. The third kappa shape index (κ3) is 2.37. The van der Waals surface area contributed by atoms with Gasteiger partial charge in [0.05, 0.1) is 0 Å². The highest BCUT2D eigenvalue weighted by Crippen LogP contribution is 2.28. The first-order chi connectivity index (χ1) is 8.11. The zero-order chi connectivity index (χ0) is 12.4. The van der Waals surface area contributed by atoms with Gasteiger partial charge in [0.25, 0.3) is 0 Å². The summed E-state index contributed by atoms with van der Waals surface area (Å²) < 4.78 is 13.8. The number of aryl methyl sites for hydroxylation is 1. The molecule has 0 fully saturated rings. The van der Waals surface area contributed by atoms with Crippen molar-refractivity contribution < 1.29 is 9.18 Å². The smallest absolute Gasteiger partial charge is 0.150 e. The molecule has 0 saturated carbocycles. The lowest BCUT2D eigenvalue weighted by Gasteiger charge is -2.08. The van der Waals surface area contributed by atoms with Crippen LogP contribution in [0.5, 0.6) is 0 Å². The largest absolute Gasteiger partial charge is 0.298 e. The minimum absolute atomic E-state index is 0.357. The van der Waals surface area contributed by atoms with Gasteiger partial charge in [-0.3, -0.25) is 4.79 Å². The maximum Gasteiger partial charge on any atom is 0.150 e. The Balaban J connectivity index is 2.63. The van der Waals surface area contributed by atoms with Crippen LogP contribution in [0.2, 0.25) is 5.02 Å². The fourth-order valence-electron chi connectivity index (χ4n) is 1.71. The van der Waals surface area contributed by atoms with Crippen LogP contribution in [-0.2, 0) is 0 Å². The molecule has 0 saturated heterocycles. The van der Waals surface area contributed by atoms with Crippen LogP contribution in [0.25, 0.3) is 11.1 Å². The average Bonchev–Trinajstić information content (AvgIpc) is 2.30. The molecule has 0 aliphatic rings. The predicted molar refractivity (Wildman–Crippen MR) is 67.0 cm³/mol. The molecule has 86 valence electrons. The first kappa shape index (κ1) is 11.8. The van der Waals surface area contributed by atoms with Gasteiger partial charge in [0, 0.05) is 16.1 Å². The first-order valence-electron chi connectivity index (χ1n) is 5.13. The number of hydrogen-bond donors (Lipinski definition) is 0. The summed E-state index contributed by atoms with van der Waals surface area (Å²) in [5, 5.41) is 0.357. The Morgan fingerprint density at radius 1 is 1.12 bits per heavy atom. The number of aldehydes is 1. The predicted octanol–water partition coefficient (Wildman–Crippen LogP) is 4.27. The molecular weight excluding hydrogens is 239 g/mol. The molecule has 0 atom stereocenters. The molecular formula is C14H10ClFO. The van der Waals surface area contributed by atoms with Gasteiger partial charge in [-0.2, -0.15) is 0 Å². The molecule has 0 aliphatic carbocycles. The van der Waals surface area contributed by atoms with E-state index in [0.29, 0.717) is 21.7 Å². The van der Waals surface area contributed by atoms with Crippen LogP contribution in [0.15, 0.2) is 36.4 Å². The van der Waals surface area contributed by atoms with E-state index >= 15 is 0 Å². The van der Waals surface area contributed by atoms with Gasteiger partial charge in [-0.1, -0.05) is 23.7 Å². The molecule has 2 aromatic carbocycles. The van der Waals surface area contributed by atoms with Crippen LogP contribution in [0.4, 0.5) is 4.39 Å². The normalized spacial score (nSPS) is 10.3. The summed E-state index contributed by atoms with van der Waals surface area (Å²) in [5.41, 5.74) is 2.61. The van der Waals surface area contributed by atoms with E-state index in [2.05, 4.69) is 0 Å². The van der Waals surface area contributed by atoms with Gasteiger partial charge < -0.3 is 0 Å². The van der Waals surface area contributed by atoms with Crippen LogP contribution in [0.1, 0.15) is 15.9 Å². The Morgan fingerprint density at radius 3 is 2.53 bits per heavy atom. The third-order valence-corrected chi connectivity index (χ3v) is 2.85. The lowest BCUT2D eigenvalue weighted by atomic mass is 9.98. The lowest BCUT2D eigenvalue weighted by molar-refractivity contribution is 0.112. The summed E-state index contributed by atoms with van der Waals surface area (Å²) in [5.74, 6) is -0.386. The second-order valence-electron chi connectivity index (χ2n) is 3.82. The van der Waals surface area contributed by atoms with Gasteiger partial charge in [0.2, 0.25) is 0 Å². The molecule has 1 nitrogen and oxygen atoms in total. The van der Waals surface area contributed by atoms with Crippen molar-refractivity contribution >= 4 is 17.9 Å². The highest BCUT2D eigenvalue weighted by atomic mass is 35.5. The Kier molecular flexibility index (Phi) is 3.25. The second kappa shape index (κ2) is 4.68. The summed E-state index contributed by atoms with van der Waals surface area (Å²) in [6.07, 6.45) is 0.747. The maximum absolute atomic E-state index is 13.8. The van der Waals surface area contributed by atoms with Gasteiger partial charge in [0.1, 0.15) is 12.1 Å². The molecule has 0 aliphatic heterocycles. The van der Waals surface area contributed by atoms with E-state index in [1.807, 2.05) is 6.92 Å². The fourth-order valence-corrected chi connectivity index (χ4v) is 1.87. The molecule has 0 unspecified atom stereocenters. The van der Waals surface area contributed by atoms with Crippen LogP contribution >= 0.6 is 11.6 Å². The Labute approximate surface area is 104 Å². The molecule has 0 spiro atoms. The van der Waals surface area contributed by atoms with Crippen molar-refractivity contribution in [2.45, 2.75) is 6.92 Å². The number of rotatable bonds is 2. The summed E-state index contributed by atoms with van der Waals surface area (Å²) in [6.45, 7) is 1.87. The maximum atomic E-state index is 13.8. The van der Waals surface area contributed by atoms with Crippen molar-refractivity contribution in [2.24, 2.45) is 0 Å². The Morgan fingerprint density at radius 2 is 1.88 bits per heavy atom. The number of carbonyl (C=O) groups excluding carboxylic acids is 1. The van der Waals surface area contributed by atoms with Crippen molar-refractivity contribution in [3.8, 4) is 11.1 Å². The van der Waals surface area contributed by atoms with Crippen LogP contribution in [0.3, 0.4) is 0 Å². The molecule has 17 heavy (non-hydrogen) atoms. The zero-order valence-electron chi connectivity index (χ0n) is 9.21. The SMILES string of the molecule is Cc1ccc(C=O)cc1-c1ccc(Cl)cc1F. The number of carbonyl (C=O) groups is 1. The molecule has 3 heteroatoms. The highest BCUT2D eigenvalue weighted by Gasteiger charge is 2.09. The van der Waals surface area contributed by atoms with Crippen LogP contribution in [0, 0.1) is 12.7 Å². The minimum atomic E-state index is -0.386. The minimum Gasteiger partial charge on any atom is -0.298 e. The molecule has 0 amide bonds. The molecule has 0 aromatic heterocycles. The summed E-state index contributed by atoms with van der Waals surface area (Å²) in [6, 6.07) is 9.70. The van der Waals surface area contributed by atoms with Gasteiger partial charge in [-0.05, 0) is 42.3 Å². The standard InChI is InChI=1S/C14H10ClFO/c1-9-2-3-10(8-17)6-13(9)12-5-4-11(15)7-14(12)16/h2-8H,1H3. The molecule has 0 heterocycles. The van der Waals surface area contributed by atoms with E-state index in [0.717, 1.165) is 11.8 Å². The molecule has 2 aromatic rings.